The Morgan fingerprint density at radius 3 is 2.54 bits per heavy atom. The zero-order valence-electron chi connectivity index (χ0n) is 7.31. The Labute approximate surface area is 85.5 Å². The van der Waals surface area contributed by atoms with E-state index >= 15 is 0 Å². The van der Waals surface area contributed by atoms with Crippen LogP contribution in [0, 0.1) is 0 Å². The number of rotatable bonds is 3. The lowest BCUT2D eigenvalue weighted by Gasteiger charge is -2.07. The molecule has 0 aliphatic heterocycles. The molecule has 0 fully saturated rings. The van der Waals surface area contributed by atoms with E-state index in [1.165, 1.54) is 0 Å². The van der Waals surface area contributed by atoms with Crippen molar-refractivity contribution in [3.05, 3.63) is 44.7 Å². The minimum atomic E-state index is -0.0434. The van der Waals surface area contributed by atoms with Crippen LogP contribution in [0.15, 0.2) is 33.9 Å². The number of benzene rings is 1. The molecule has 1 atom stereocenters. The minimum Gasteiger partial charge on any atom is -0.0859 e. The first kappa shape index (κ1) is 10.1. The van der Waals surface area contributed by atoms with Gasteiger partial charge in [0.2, 0.25) is 0 Å². The van der Waals surface area contributed by atoms with Gasteiger partial charge >= 0.3 is 0 Å². The van der Waals surface area contributed by atoms with Crippen molar-refractivity contribution in [3.8, 4) is 0 Å². The first-order valence-corrected chi connectivity index (χ1v) is 4.87. The van der Waals surface area contributed by atoms with Crippen molar-refractivity contribution in [3.63, 3.8) is 0 Å². The molecular weight excluding hydrogens is 230 g/mol. The Bertz CT molecular complexity index is 314. The molecule has 0 saturated carbocycles. The summed E-state index contributed by atoms with van der Waals surface area (Å²) in [5.74, 6) is 0. The molecule has 0 aliphatic rings. The van der Waals surface area contributed by atoms with Crippen molar-refractivity contribution in [2.75, 3.05) is 0 Å². The van der Waals surface area contributed by atoms with Crippen LogP contribution in [0.25, 0.3) is 10.4 Å². The molecule has 0 aromatic heterocycles. The van der Waals surface area contributed by atoms with Gasteiger partial charge in [0, 0.05) is 9.38 Å². The van der Waals surface area contributed by atoms with Crippen LogP contribution in [0.3, 0.4) is 0 Å². The number of halogens is 1. The molecule has 0 saturated heterocycles. The van der Waals surface area contributed by atoms with E-state index in [9.17, 15) is 0 Å². The maximum atomic E-state index is 8.33. The van der Waals surface area contributed by atoms with E-state index in [-0.39, 0.29) is 6.04 Å². The fourth-order valence-electron chi connectivity index (χ4n) is 1.13. The van der Waals surface area contributed by atoms with Crippen LogP contribution in [-0.2, 0) is 0 Å². The van der Waals surface area contributed by atoms with Gasteiger partial charge in [-0.25, -0.2) is 0 Å². The Balaban J connectivity index is 2.91. The Hall–Kier alpha value is -0.990. The molecule has 0 bridgehead atoms. The second-order valence-electron chi connectivity index (χ2n) is 2.68. The molecule has 0 amide bonds. The average Bonchev–Trinajstić information content (AvgIpc) is 2.16. The number of azide groups is 1. The summed E-state index contributed by atoms with van der Waals surface area (Å²) in [5.41, 5.74) is 9.39. The summed E-state index contributed by atoms with van der Waals surface area (Å²) in [6.07, 6.45) is 0.825. The molecule has 1 aromatic rings. The van der Waals surface area contributed by atoms with Gasteiger partial charge in [-0.3, -0.25) is 0 Å². The molecule has 1 rings (SSSR count). The highest BCUT2D eigenvalue weighted by atomic mass is 79.9. The topological polar surface area (TPSA) is 48.8 Å². The van der Waals surface area contributed by atoms with Crippen LogP contribution in [0.2, 0.25) is 0 Å². The number of nitrogens with zero attached hydrogens (tertiary/aromatic N) is 3. The van der Waals surface area contributed by atoms with E-state index < -0.39 is 0 Å². The minimum absolute atomic E-state index is 0.0434. The molecule has 3 nitrogen and oxygen atoms in total. The lowest BCUT2D eigenvalue weighted by molar-refractivity contribution is 0.693. The van der Waals surface area contributed by atoms with E-state index in [1.54, 1.807) is 0 Å². The molecule has 1 aromatic carbocycles. The standard InChI is InChI=1S/C9H10BrN3/c1-2-9(12-13-11)7-3-5-8(10)6-4-7/h3-6,9H,2H2,1H3/t9-/m1/s1. The lowest BCUT2D eigenvalue weighted by Crippen LogP contribution is -1.91. The van der Waals surface area contributed by atoms with E-state index in [0.29, 0.717) is 0 Å². The highest BCUT2D eigenvalue weighted by Crippen LogP contribution is 2.22. The fraction of sp³-hybridized carbons (Fsp3) is 0.333. The SMILES string of the molecule is CC[C@@H](N=[N+]=[N-])c1ccc(Br)cc1. The molecule has 0 aliphatic carbocycles. The van der Waals surface area contributed by atoms with E-state index in [1.807, 2.05) is 31.2 Å². The van der Waals surface area contributed by atoms with Gasteiger partial charge < -0.3 is 0 Å². The summed E-state index contributed by atoms with van der Waals surface area (Å²) in [5, 5.41) is 3.71. The Kier molecular flexibility index (Phi) is 3.80. The summed E-state index contributed by atoms with van der Waals surface area (Å²) in [6.45, 7) is 2.00. The van der Waals surface area contributed by atoms with E-state index in [0.717, 1.165) is 16.5 Å². The third-order valence-electron chi connectivity index (χ3n) is 1.83. The van der Waals surface area contributed by atoms with Gasteiger partial charge in [-0.05, 0) is 29.6 Å². The van der Waals surface area contributed by atoms with Crippen LogP contribution in [-0.4, -0.2) is 0 Å². The van der Waals surface area contributed by atoms with Crippen molar-refractivity contribution in [2.45, 2.75) is 19.4 Å². The first-order chi connectivity index (χ1) is 6.27. The van der Waals surface area contributed by atoms with Gasteiger partial charge in [0.25, 0.3) is 0 Å². The normalized spacial score (nSPS) is 11.8. The predicted octanol–water partition coefficient (Wildman–Crippen LogP) is 4.21. The smallest absolute Gasteiger partial charge is 0.0622 e. The second kappa shape index (κ2) is 4.90. The summed E-state index contributed by atoms with van der Waals surface area (Å²) in [4.78, 5) is 2.82. The van der Waals surface area contributed by atoms with Crippen molar-refractivity contribution in [1.82, 2.24) is 0 Å². The second-order valence-corrected chi connectivity index (χ2v) is 3.60. The molecule has 68 valence electrons. The predicted molar refractivity (Wildman–Crippen MR) is 56.3 cm³/mol. The van der Waals surface area contributed by atoms with E-state index in [4.69, 9.17) is 5.53 Å². The highest BCUT2D eigenvalue weighted by molar-refractivity contribution is 9.10. The quantitative estimate of drug-likeness (QED) is 0.431. The zero-order chi connectivity index (χ0) is 9.68. The van der Waals surface area contributed by atoms with Crippen LogP contribution in [0.5, 0.6) is 0 Å². The molecule has 0 heterocycles. The van der Waals surface area contributed by atoms with Crippen molar-refractivity contribution in [1.29, 1.82) is 0 Å². The zero-order valence-corrected chi connectivity index (χ0v) is 8.90. The first-order valence-electron chi connectivity index (χ1n) is 4.07. The number of hydrogen-bond donors (Lipinski definition) is 0. The fourth-order valence-corrected chi connectivity index (χ4v) is 1.40. The van der Waals surface area contributed by atoms with Gasteiger partial charge in [0.1, 0.15) is 0 Å². The van der Waals surface area contributed by atoms with Gasteiger partial charge in [-0.1, -0.05) is 40.1 Å². The van der Waals surface area contributed by atoms with Crippen molar-refractivity contribution >= 4 is 15.9 Å². The van der Waals surface area contributed by atoms with Crippen LogP contribution in [0.1, 0.15) is 24.9 Å². The maximum absolute atomic E-state index is 8.33. The molecule has 0 unspecified atom stereocenters. The van der Waals surface area contributed by atoms with Crippen LogP contribution in [0.4, 0.5) is 0 Å². The van der Waals surface area contributed by atoms with Gasteiger partial charge in [0.05, 0.1) is 6.04 Å². The highest BCUT2D eigenvalue weighted by Gasteiger charge is 2.05. The number of hydrogen-bond acceptors (Lipinski definition) is 1. The molecule has 0 N–H and O–H groups in total. The Morgan fingerprint density at radius 2 is 2.08 bits per heavy atom. The van der Waals surface area contributed by atoms with E-state index in [2.05, 4.69) is 26.0 Å². The summed E-state index contributed by atoms with van der Waals surface area (Å²) in [6, 6.07) is 7.79. The molecule has 4 heteroatoms. The third kappa shape index (κ3) is 2.76. The summed E-state index contributed by atoms with van der Waals surface area (Å²) >= 11 is 3.35. The van der Waals surface area contributed by atoms with Crippen LogP contribution < -0.4 is 0 Å². The van der Waals surface area contributed by atoms with Crippen molar-refractivity contribution < 1.29 is 0 Å². The van der Waals surface area contributed by atoms with Crippen molar-refractivity contribution in [2.24, 2.45) is 5.11 Å². The van der Waals surface area contributed by atoms with Crippen LogP contribution >= 0.6 is 15.9 Å². The van der Waals surface area contributed by atoms with Gasteiger partial charge in [0.15, 0.2) is 0 Å². The van der Waals surface area contributed by atoms with Gasteiger partial charge in [-0.2, -0.15) is 0 Å². The third-order valence-corrected chi connectivity index (χ3v) is 2.36. The summed E-state index contributed by atoms with van der Waals surface area (Å²) in [7, 11) is 0. The molecule has 0 radical (unpaired) electrons. The maximum Gasteiger partial charge on any atom is 0.0622 e. The van der Waals surface area contributed by atoms with Gasteiger partial charge in [-0.15, -0.1) is 0 Å². The molecule has 13 heavy (non-hydrogen) atoms. The lowest BCUT2D eigenvalue weighted by atomic mass is 10.1. The monoisotopic (exact) mass is 239 g/mol. The Morgan fingerprint density at radius 1 is 1.46 bits per heavy atom. The average molecular weight is 240 g/mol. The summed E-state index contributed by atoms with van der Waals surface area (Å²) < 4.78 is 1.03. The molecule has 0 spiro atoms. The molecular formula is C9H10BrN3. The largest absolute Gasteiger partial charge is 0.0859 e.